The molecule has 0 aromatic heterocycles. The molecule has 1 aliphatic heterocycles. The third-order valence-corrected chi connectivity index (χ3v) is 5.45. The predicted molar refractivity (Wildman–Crippen MR) is 112 cm³/mol. The van der Waals surface area contributed by atoms with Crippen LogP contribution in [-0.2, 0) is 0 Å². The molecule has 2 aromatic rings. The molecule has 0 saturated heterocycles. The van der Waals surface area contributed by atoms with Gasteiger partial charge in [0.05, 0.1) is 11.4 Å². The lowest BCUT2D eigenvalue weighted by Crippen LogP contribution is -2.07. The molecule has 1 N–H and O–H groups in total. The maximum atomic E-state index is 6.10. The number of hydrogen-bond acceptors (Lipinski definition) is 2. The van der Waals surface area contributed by atoms with Crippen molar-refractivity contribution in [2.75, 3.05) is 5.32 Å². The van der Waals surface area contributed by atoms with E-state index in [9.17, 15) is 0 Å². The molecule has 1 aliphatic rings. The van der Waals surface area contributed by atoms with E-state index in [1.54, 1.807) is 0 Å². The van der Waals surface area contributed by atoms with Crippen LogP contribution in [0.3, 0.4) is 0 Å². The van der Waals surface area contributed by atoms with E-state index >= 15 is 0 Å². The van der Waals surface area contributed by atoms with E-state index in [1.807, 2.05) is 18.2 Å². The van der Waals surface area contributed by atoms with Crippen molar-refractivity contribution in [3.05, 3.63) is 48.0 Å². The van der Waals surface area contributed by atoms with Crippen molar-refractivity contribution in [2.24, 2.45) is 0 Å². The molecule has 0 bridgehead atoms. The third-order valence-electron chi connectivity index (χ3n) is 5.45. The Morgan fingerprint density at radius 2 is 1.50 bits per heavy atom. The second-order valence-corrected chi connectivity index (χ2v) is 7.61. The topological polar surface area (TPSA) is 21.3 Å². The van der Waals surface area contributed by atoms with Gasteiger partial charge < -0.3 is 10.1 Å². The summed E-state index contributed by atoms with van der Waals surface area (Å²) in [6.07, 6.45) is 12.3. The Bertz CT molecular complexity index is 694. The summed E-state index contributed by atoms with van der Waals surface area (Å²) in [6, 6.07) is 14.6. The summed E-state index contributed by atoms with van der Waals surface area (Å²) in [7, 11) is 0. The van der Waals surface area contributed by atoms with Crippen LogP contribution >= 0.6 is 0 Å². The fraction of sp³-hybridized carbons (Fsp3) is 0.500. The second-order valence-electron chi connectivity index (χ2n) is 7.61. The summed E-state index contributed by atoms with van der Waals surface area (Å²) < 4.78 is 6.10. The molecular weight excluding hydrogens is 318 g/mol. The molecule has 2 heteroatoms. The quantitative estimate of drug-likeness (QED) is 0.372. The standard InChI is InChI=1S/C24H33NO/c1-3-4-5-6-7-8-9-10-14-19(2)20-15-13-18-23-24(20)25-21-16-11-12-17-22(21)26-23/h11-13,15-19,25H,3-10,14H2,1-2H3. The van der Waals surface area contributed by atoms with Crippen molar-refractivity contribution >= 4 is 11.4 Å². The second kappa shape index (κ2) is 9.66. The lowest BCUT2D eigenvalue weighted by atomic mass is 9.92. The Balaban J connectivity index is 1.51. The van der Waals surface area contributed by atoms with E-state index in [1.165, 1.54) is 63.4 Å². The molecule has 2 nitrogen and oxygen atoms in total. The van der Waals surface area contributed by atoms with Crippen molar-refractivity contribution < 1.29 is 4.74 Å². The van der Waals surface area contributed by atoms with Crippen molar-refractivity contribution in [3.8, 4) is 11.5 Å². The number of para-hydroxylation sites is 3. The van der Waals surface area contributed by atoms with E-state index in [4.69, 9.17) is 4.74 Å². The van der Waals surface area contributed by atoms with Crippen LogP contribution in [0.25, 0.3) is 0 Å². The molecule has 1 heterocycles. The van der Waals surface area contributed by atoms with Crippen molar-refractivity contribution in [1.29, 1.82) is 0 Å². The number of hydrogen-bond donors (Lipinski definition) is 1. The maximum absolute atomic E-state index is 6.10. The molecule has 0 aliphatic carbocycles. The zero-order chi connectivity index (χ0) is 18.2. The first kappa shape index (κ1) is 18.8. The van der Waals surface area contributed by atoms with Gasteiger partial charge in [-0.25, -0.2) is 0 Å². The summed E-state index contributed by atoms with van der Waals surface area (Å²) in [5.74, 6) is 2.41. The lowest BCUT2D eigenvalue weighted by Gasteiger charge is -2.26. The Hall–Kier alpha value is -1.96. The van der Waals surface area contributed by atoms with Crippen LogP contribution in [-0.4, -0.2) is 0 Å². The van der Waals surface area contributed by atoms with Crippen molar-refractivity contribution in [1.82, 2.24) is 0 Å². The monoisotopic (exact) mass is 351 g/mol. The molecule has 0 amide bonds. The van der Waals surface area contributed by atoms with Crippen LogP contribution < -0.4 is 10.1 Å². The molecule has 3 rings (SSSR count). The van der Waals surface area contributed by atoms with E-state index in [-0.39, 0.29) is 0 Å². The average molecular weight is 352 g/mol. The highest BCUT2D eigenvalue weighted by molar-refractivity contribution is 5.78. The molecule has 1 unspecified atom stereocenters. The molecule has 0 spiro atoms. The van der Waals surface area contributed by atoms with Gasteiger partial charge in [-0.3, -0.25) is 0 Å². The van der Waals surface area contributed by atoms with Crippen LogP contribution in [0.15, 0.2) is 42.5 Å². The van der Waals surface area contributed by atoms with Crippen molar-refractivity contribution in [2.45, 2.75) is 77.6 Å². The first-order chi connectivity index (χ1) is 12.8. The number of ether oxygens (including phenoxy) is 1. The zero-order valence-corrected chi connectivity index (χ0v) is 16.4. The molecule has 140 valence electrons. The van der Waals surface area contributed by atoms with Crippen LogP contribution in [0, 0.1) is 0 Å². The largest absolute Gasteiger partial charge is 0.453 e. The SMILES string of the molecule is CCCCCCCCCCC(C)c1cccc2c1Nc1ccccc1O2. The number of fused-ring (bicyclic) bond motifs is 2. The molecule has 26 heavy (non-hydrogen) atoms. The molecule has 0 fully saturated rings. The Labute approximate surface area is 159 Å². The predicted octanol–water partition coefficient (Wildman–Crippen LogP) is 8.17. The van der Waals surface area contributed by atoms with E-state index in [0.717, 1.165) is 22.9 Å². The van der Waals surface area contributed by atoms with Gasteiger partial charge in [0, 0.05) is 0 Å². The van der Waals surface area contributed by atoms with E-state index < -0.39 is 0 Å². The normalized spacial score (nSPS) is 13.3. The minimum atomic E-state index is 0.548. The minimum Gasteiger partial charge on any atom is -0.453 e. The number of benzene rings is 2. The first-order valence-electron chi connectivity index (χ1n) is 10.5. The molecular formula is C24H33NO. The van der Waals surface area contributed by atoms with E-state index in [2.05, 4.69) is 43.4 Å². The van der Waals surface area contributed by atoms with Crippen LogP contribution in [0.5, 0.6) is 11.5 Å². The third kappa shape index (κ3) is 4.81. The van der Waals surface area contributed by atoms with Gasteiger partial charge in [-0.15, -0.1) is 0 Å². The zero-order valence-electron chi connectivity index (χ0n) is 16.4. The van der Waals surface area contributed by atoms with Crippen molar-refractivity contribution in [3.63, 3.8) is 0 Å². The van der Waals surface area contributed by atoms with E-state index in [0.29, 0.717) is 5.92 Å². The van der Waals surface area contributed by atoms with Gasteiger partial charge in [-0.2, -0.15) is 0 Å². The number of rotatable bonds is 10. The van der Waals surface area contributed by atoms with Gasteiger partial charge >= 0.3 is 0 Å². The fourth-order valence-electron chi connectivity index (χ4n) is 3.83. The Kier molecular flexibility index (Phi) is 6.99. The van der Waals surface area contributed by atoms with Gasteiger partial charge in [0.1, 0.15) is 0 Å². The highest BCUT2D eigenvalue weighted by Crippen LogP contribution is 2.45. The van der Waals surface area contributed by atoms with Gasteiger partial charge in [0.25, 0.3) is 0 Å². The van der Waals surface area contributed by atoms with Gasteiger partial charge in [-0.1, -0.05) is 89.5 Å². The fourth-order valence-corrected chi connectivity index (χ4v) is 3.83. The summed E-state index contributed by atoms with van der Waals surface area (Å²) in [5.41, 5.74) is 3.59. The average Bonchev–Trinajstić information content (AvgIpc) is 2.67. The molecule has 0 saturated carbocycles. The van der Waals surface area contributed by atoms with Crippen LogP contribution in [0.2, 0.25) is 0 Å². The number of unbranched alkanes of at least 4 members (excludes halogenated alkanes) is 7. The molecule has 0 radical (unpaired) electrons. The summed E-state index contributed by atoms with van der Waals surface area (Å²) >= 11 is 0. The molecule has 1 atom stereocenters. The summed E-state index contributed by atoms with van der Waals surface area (Å²) in [6.45, 7) is 4.63. The summed E-state index contributed by atoms with van der Waals surface area (Å²) in [4.78, 5) is 0. The number of nitrogens with one attached hydrogen (secondary N) is 1. The smallest absolute Gasteiger partial charge is 0.151 e. The molecule has 2 aromatic carbocycles. The summed E-state index contributed by atoms with van der Waals surface area (Å²) in [5, 5.41) is 3.60. The first-order valence-corrected chi connectivity index (χ1v) is 10.5. The highest BCUT2D eigenvalue weighted by atomic mass is 16.5. The Morgan fingerprint density at radius 1 is 0.808 bits per heavy atom. The van der Waals surface area contributed by atoms with Gasteiger partial charge in [-0.05, 0) is 36.1 Å². The van der Waals surface area contributed by atoms with Crippen LogP contribution in [0.1, 0.15) is 83.1 Å². The highest BCUT2D eigenvalue weighted by Gasteiger charge is 2.21. The van der Waals surface area contributed by atoms with Crippen LogP contribution in [0.4, 0.5) is 11.4 Å². The maximum Gasteiger partial charge on any atom is 0.151 e. The van der Waals surface area contributed by atoms with Gasteiger partial charge in [0.2, 0.25) is 0 Å². The Morgan fingerprint density at radius 3 is 2.31 bits per heavy atom. The lowest BCUT2D eigenvalue weighted by molar-refractivity contribution is 0.478. The minimum absolute atomic E-state index is 0.548. The number of anilines is 2. The van der Waals surface area contributed by atoms with Gasteiger partial charge in [0.15, 0.2) is 11.5 Å².